The van der Waals surface area contributed by atoms with Gasteiger partial charge in [0.25, 0.3) is 0 Å². The molecule has 0 fully saturated rings. The molecule has 0 unspecified atom stereocenters. The highest BCUT2D eigenvalue weighted by atomic mass is 16.3. The van der Waals surface area contributed by atoms with Gasteiger partial charge in [-0.2, -0.15) is 0 Å². The van der Waals surface area contributed by atoms with Gasteiger partial charge in [0.2, 0.25) is 0 Å². The summed E-state index contributed by atoms with van der Waals surface area (Å²) in [5.74, 6) is 0.651. The summed E-state index contributed by atoms with van der Waals surface area (Å²) in [6.45, 7) is 2.32. The lowest BCUT2D eigenvalue weighted by Gasteiger charge is -2.14. The quantitative estimate of drug-likeness (QED) is 0.790. The van der Waals surface area contributed by atoms with Crippen LogP contribution in [-0.4, -0.2) is 28.4 Å². The maximum atomic E-state index is 8.85. The van der Waals surface area contributed by atoms with Crippen LogP contribution in [-0.2, 0) is 0 Å². The van der Waals surface area contributed by atoms with Gasteiger partial charge in [0.1, 0.15) is 5.82 Å². The molecule has 0 spiro atoms. The molecule has 0 aliphatic rings. The number of rotatable bonds is 5. The van der Waals surface area contributed by atoms with Gasteiger partial charge in [0.05, 0.1) is 0 Å². The number of aliphatic hydroxyl groups is 2. The minimum atomic E-state index is 0.120. The van der Waals surface area contributed by atoms with Crippen LogP contribution in [0.4, 0.5) is 5.82 Å². The third kappa shape index (κ3) is 6.88. The van der Waals surface area contributed by atoms with Crippen molar-refractivity contribution in [2.45, 2.75) is 25.7 Å². The number of hydrogen-bond acceptors (Lipinski definition) is 4. The van der Waals surface area contributed by atoms with Gasteiger partial charge in [0, 0.05) is 19.4 Å². The monoisotopic (exact) mass is 288 g/mol. The molecule has 0 saturated heterocycles. The summed E-state index contributed by atoms with van der Waals surface area (Å²) in [6.07, 6.45) is 2.99. The number of anilines is 1. The van der Waals surface area contributed by atoms with Crippen LogP contribution < -0.4 is 5.73 Å². The minimum Gasteiger partial charge on any atom is -0.396 e. The summed E-state index contributed by atoms with van der Waals surface area (Å²) in [4.78, 5) is 3.98. The van der Waals surface area contributed by atoms with E-state index in [1.165, 1.54) is 5.56 Å². The molecule has 21 heavy (non-hydrogen) atoms. The average molecular weight is 288 g/mol. The molecule has 4 heteroatoms. The Morgan fingerprint density at radius 3 is 2.00 bits per heavy atom. The van der Waals surface area contributed by atoms with E-state index in [9.17, 15) is 0 Å². The zero-order valence-corrected chi connectivity index (χ0v) is 12.4. The first-order valence-corrected chi connectivity index (χ1v) is 7.12. The topological polar surface area (TPSA) is 79.4 Å². The van der Waals surface area contributed by atoms with Crippen LogP contribution in [0.5, 0.6) is 0 Å². The summed E-state index contributed by atoms with van der Waals surface area (Å²) in [6, 6.07) is 13.9. The van der Waals surface area contributed by atoms with Crippen LogP contribution in [0.15, 0.2) is 48.7 Å². The van der Waals surface area contributed by atoms with Gasteiger partial charge in [-0.05, 0) is 37.3 Å². The van der Waals surface area contributed by atoms with Gasteiger partial charge < -0.3 is 15.9 Å². The molecule has 1 heterocycles. The molecule has 114 valence electrons. The third-order valence-electron chi connectivity index (χ3n) is 3.18. The predicted octanol–water partition coefficient (Wildman–Crippen LogP) is 2.51. The molecule has 1 aromatic carbocycles. The Labute approximate surface area is 126 Å². The number of aliphatic hydroxyl groups excluding tert-OH is 2. The van der Waals surface area contributed by atoms with E-state index in [2.05, 4.69) is 24.0 Å². The van der Waals surface area contributed by atoms with Crippen molar-refractivity contribution in [3.63, 3.8) is 0 Å². The first-order valence-electron chi connectivity index (χ1n) is 7.12. The lowest BCUT2D eigenvalue weighted by molar-refractivity contribution is 0.242. The number of nitrogens with zero attached hydrogens (tertiary/aromatic N) is 1. The van der Waals surface area contributed by atoms with Crippen molar-refractivity contribution in [3.8, 4) is 0 Å². The normalized spacial score (nSPS) is 10.1. The Morgan fingerprint density at radius 1 is 1.00 bits per heavy atom. The second kappa shape index (κ2) is 9.91. The fraction of sp³-hybridized carbons (Fsp3) is 0.353. The van der Waals surface area contributed by atoms with Crippen molar-refractivity contribution in [2.75, 3.05) is 18.9 Å². The van der Waals surface area contributed by atoms with Crippen LogP contribution in [0.3, 0.4) is 0 Å². The molecule has 0 aliphatic carbocycles. The van der Waals surface area contributed by atoms with E-state index < -0.39 is 0 Å². The molecule has 1 aromatic heterocycles. The Kier molecular flexibility index (Phi) is 8.09. The fourth-order valence-electron chi connectivity index (χ4n) is 1.98. The van der Waals surface area contributed by atoms with Crippen LogP contribution in [0.2, 0.25) is 0 Å². The van der Waals surface area contributed by atoms with Gasteiger partial charge in [-0.25, -0.2) is 4.98 Å². The largest absolute Gasteiger partial charge is 0.396 e. The molecule has 2 aromatic rings. The molecule has 4 N–H and O–H groups in total. The van der Waals surface area contributed by atoms with Gasteiger partial charge in [0.15, 0.2) is 0 Å². The summed E-state index contributed by atoms with van der Waals surface area (Å²) in [7, 11) is 0. The third-order valence-corrected chi connectivity index (χ3v) is 3.18. The smallest absolute Gasteiger partial charge is 0.123 e. The number of aryl methyl sites for hydroxylation is 1. The number of nitrogen functional groups attached to an aromatic ring is 1. The van der Waals surface area contributed by atoms with E-state index in [-0.39, 0.29) is 19.1 Å². The summed E-state index contributed by atoms with van der Waals surface area (Å²) in [5.41, 5.74) is 7.80. The number of aromatic nitrogens is 1. The Morgan fingerprint density at radius 2 is 1.62 bits per heavy atom. The first kappa shape index (κ1) is 17.1. The predicted molar refractivity (Wildman–Crippen MR) is 86.0 cm³/mol. The Bertz CT molecular complexity index is 480. The molecule has 0 atom stereocenters. The van der Waals surface area contributed by atoms with E-state index in [0.717, 1.165) is 5.56 Å². The summed E-state index contributed by atoms with van der Waals surface area (Å²) >= 11 is 0. The molecular weight excluding hydrogens is 264 g/mol. The zero-order chi connectivity index (χ0) is 15.5. The molecular formula is C17H24N2O2. The van der Waals surface area contributed by atoms with E-state index in [1.807, 2.05) is 24.3 Å². The van der Waals surface area contributed by atoms with E-state index >= 15 is 0 Å². The molecule has 0 aliphatic heterocycles. The standard InChI is InChI=1S/C10H16N2O2.C7H8/c11-10-2-1-9(7-12-10)8(3-5-13)4-6-14;1-7-5-3-2-4-6-7/h1-2,7-8,13-14H,3-6H2,(H2,11,12);2-6H,1H3. The zero-order valence-electron chi connectivity index (χ0n) is 12.4. The highest BCUT2D eigenvalue weighted by Gasteiger charge is 2.10. The second-order valence-corrected chi connectivity index (χ2v) is 4.89. The summed E-state index contributed by atoms with van der Waals surface area (Å²) in [5, 5.41) is 17.7. The molecule has 0 saturated carbocycles. The van der Waals surface area contributed by atoms with Crippen LogP contribution in [0, 0.1) is 6.92 Å². The Hall–Kier alpha value is -1.91. The molecule has 0 amide bonds. The number of hydrogen-bond donors (Lipinski definition) is 3. The Balaban J connectivity index is 0.000000262. The van der Waals surface area contributed by atoms with Crippen molar-refractivity contribution in [2.24, 2.45) is 0 Å². The molecule has 4 nitrogen and oxygen atoms in total. The lowest BCUT2D eigenvalue weighted by Crippen LogP contribution is -2.05. The maximum absolute atomic E-state index is 8.85. The van der Waals surface area contributed by atoms with Gasteiger partial charge >= 0.3 is 0 Å². The van der Waals surface area contributed by atoms with Gasteiger partial charge in [-0.1, -0.05) is 42.0 Å². The van der Waals surface area contributed by atoms with E-state index in [4.69, 9.17) is 15.9 Å². The van der Waals surface area contributed by atoms with Crippen molar-refractivity contribution >= 4 is 5.82 Å². The van der Waals surface area contributed by atoms with Crippen molar-refractivity contribution < 1.29 is 10.2 Å². The first-order chi connectivity index (χ1) is 10.2. The highest BCUT2D eigenvalue weighted by molar-refractivity contribution is 5.30. The summed E-state index contributed by atoms with van der Waals surface area (Å²) < 4.78 is 0. The maximum Gasteiger partial charge on any atom is 0.123 e. The minimum absolute atomic E-state index is 0.120. The number of pyridine rings is 1. The second-order valence-electron chi connectivity index (χ2n) is 4.89. The SMILES string of the molecule is Cc1ccccc1.Nc1ccc(C(CCO)CCO)cn1. The van der Waals surface area contributed by atoms with Crippen LogP contribution >= 0.6 is 0 Å². The lowest BCUT2D eigenvalue weighted by atomic mass is 9.94. The average Bonchev–Trinajstić information content (AvgIpc) is 2.49. The van der Waals surface area contributed by atoms with Gasteiger partial charge in [-0.3, -0.25) is 0 Å². The number of benzene rings is 1. The van der Waals surface area contributed by atoms with E-state index in [0.29, 0.717) is 18.7 Å². The molecule has 2 rings (SSSR count). The van der Waals surface area contributed by atoms with Crippen molar-refractivity contribution in [1.82, 2.24) is 4.98 Å². The van der Waals surface area contributed by atoms with Crippen LogP contribution in [0.25, 0.3) is 0 Å². The van der Waals surface area contributed by atoms with Crippen molar-refractivity contribution in [1.29, 1.82) is 0 Å². The fourth-order valence-corrected chi connectivity index (χ4v) is 1.98. The molecule has 0 radical (unpaired) electrons. The highest BCUT2D eigenvalue weighted by Crippen LogP contribution is 2.22. The van der Waals surface area contributed by atoms with Gasteiger partial charge in [-0.15, -0.1) is 0 Å². The van der Waals surface area contributed by atoms with E-state index in [1.54, 1.807) is 12.3 Å². The van der Waals surface area contributed by atoms with Crippen molar-refractivity contribution in [3.05, 3.63) is 59.8 Å². The van der Waals surface area contributed by atoms with Crippen LogP contribution in [0.1, 0.15) is 29.9 Å². The number of nitrogens with two attached hydrogens (primary N) is 1. The molecule has 0 bridgehead atoms.